The molecule has 5 aromatic rings. The Balaban J connectivity index is -0.000000309. The molecule has 0 aliphatic carbocycles. The summed E-state index contributed by atoms with van der Waals surface area (Å²) in [6.07, 6.45) is 10.7. The largest absolute Gasteiger partial charge is 0.480 e. The van der Waals surface area contributed by atoms with Gasteiger partial charge in [-0.15, -0.1) is 17.1 Å². The number of aliphatic hydroxyl groups excluding tert-OH is 3. The highest BCUT2D eigenvalue weighted by molar-refractivity contribution is 6.16. The molecule has 0 bridgehead atoms. The van der Waals surface area contributed by atoms with Gasteiger partial charge in [0, 0.05) is 52.4 Å². The number of nitrogens with one attached hydrogen (secondary N) is 1. The van der Waals surface area contributed by atoms with Gasteiger partial charge in [-0.25, -0.2) is 0 Å². The summed E-state index contributed by atoms with van der Waals surface area (Å²) in [6, 6.07) is 16.3. The molecule has 0 aliphatic rings. The summed E-state index contributed by atoms with van der Waals surface area (Å²) >= 11 is 5.62. The number of azide groups is 1. The number of aliphatic carboxylic acids is 1. The summed E-state index contributed by atoms with van der Waals surface area (Å²) in [6.45, 7) is 5.41. The Bertz CT molecular complexity index is 2620. The van der Waals surface area contributed by atoms with Gasteiger partial charge in [0.05, 0.1) is 101 Å². The van der Waals surface area contributed by atoms with E-state index in [4.69, 9.17) is 70.9 Å². The molecule has 87 heavy (non-hydrogen) atoms. The minimum Gasteiger partial charge on any atom is -0.480 e. The predicted octanol–water partition coefficient (Wildman–Crippen LogP) is 4.90. The molecule has 0 spiro atoms. The predicted molar refractivity (Wildman–Crippen MR) is 315 cm³/mol. The maximum atomic E-state index is 11.2. The van der Waals surface area contributed by atoms with Crippen molar-refractivity contribution in [2.45, 2.75) is 97.2 Å². The van der Waals surface area contributed by atoms with Crippen LogP contribution in [0.25, 0.3) is 20.9 Å². The molecule has 5 atom stereocenters. The quantitative estimate of drug-likeness (QED) is 0.00535. The first-order valence-corrected chi connectivity index (χ1v) is 25.3. The number of methoxy groups -OCH3 is 4. The van der Waals surface area contributed by atoms with E-state index in [-0.39, 0.29) is 80.7 Å². The van der Waals surface area contributed by atoms with Crippen molar-refractivity contribution in [3.05, 3.63) is 169 Å². The van der Waals surface area contributed by atoms with Gasteiger partial charge in [-0.2, -0.15) is 0 Å². The van der Waals surface area contributed by atoms with E-state index < -0.39 is 24.0 Å². The van der Waals surface area contributed by atoms with E-state index in [1.54, 1.807) is 73.0 Å². The molecule has 0 aliphatic heterocycles. The third-order valence-corrected chi connectivity index (χ3v) is 10.9. The van der Waals surface area contributed by atoms with E-state index >= 15 is 0 Å². The molecule has 19 N–H and O–H groups in total. The van der Waals surface area contributed by atoms with Crippen molar-refractivity contribution in [1.29, 1.82) is 16.3 Å². The number of nitrogens with two attached hydrogens (primary N) is 4. The number of aromatic nitrogens is 5. The summed E-state index contributed by atoms with van der Waals surface area (Å²) in [5.41, 5.74) is 39.2. The third kappa shape index (κ3) is 41.1. The first kappa shape index (κ1) is 86.1. The maximum absolute atomic E-state index is 11.2. The Labute approximate surface area is 507 Å². The van der Waals surface area contributed by atoms with Crippen LogP contribution in [0.4, 0.5) is 0 Å². The number of ether oxygens (including phenoxy) is 4. The van der Waals surface area contributed by atoms with E-state index in [9.17, 15) is 24.0 Å². The fourth-order valence-electron chi connectivity index (χ4n) is 6.18. The summed E-state index contributed by atoms with van der Waals surface area (Å²) < 4.78 is 18.4. The molecule has 35 heteroatoms. The average molecular weight is 1240 g/mol. The molecule has 5 aromatic heterocycles. The normalized spacial score (nSPS) is 11.1. The van der Waals surface area contributed by atoms with Gasteiger partial charge >= 0.3 is 29.8 Å². The molecular formula is C52H80ClN21O13. The second-order valence-electron chi connectivity index (χ2n) is 17.0. The molecular weight excluding hydrogens is 1160 g/mol. The van der Waals surface area contributed by atoms with E-state index in [2.05, 4.69) is 76.0 Å². The SMILES string of the molecule is COC(=O)[C@@H](C)Cc1ccc(CCl)nc1.COC(=O)[C@@H](C)Cc1ccc(CN=[N+]=[N-])nc1.COC(=O)[C@@H](C)Cc1ccc(CO)nc1.COC(=O)[C@@H](N)Cc1ccc(CO)nc1.N.N.N#N.N/N=N/N.N[C@@H](Cc1ccc(CO)nc1)C(=O)O.[N-]=[N+]=N. The van der Waals surface area contributed by atoms with Crippen LogP contribution >= 0.6 is 11.6 Å². The Morgan fingerprint density at radius 2 is 0.805 bits per heavy atom. The topological polar surface area (TPSA) is 623 Å². The monoisotopic (exact) mass is 1240 g/mol. The molecule has 5 rings (SSSR count). The molecule has 0 saturated heterocycles. The average Bonchev–Trinajstić information content (AvgIpc) is 3.64. The van der Waals surface area contributed by atoms with Gasteiger partial charge in [0.15, 0.2) is 0 Å². The number of alkyl halides is 1. The van der Waals surface area contributed by atoms with E-state index in [0.717, 1.165) is 33.5 Å². The van der Waals surface area contributed by atoms with Crippen LogP contribution in [0, 0.1) is 34.1 Å². The number of carbonyl (C=O) groups excluding carboxylic acids is 4. The minimum absolute atomic E-state index is 0. The molecule has 0 saturated carbocycles. The van der Waals surface area contributed by atoms with Crippen LogP contribution in [0.3, 0.4) is 0 Å². The highest BCUT2D eigenvalue weighted by atomic mass is 35.5. The number of hydrogen-bond donors (Lipinski definition) is 11. The second-order valence-corrected chi connectivity index (χ2v) is 17.3. The highest BCUT2D eigenvalue weighted by Crippen LogP contribution is 2.13. The molecule has 34 nitrogen and oxygen atoms in total. The van der Waals surface area contributed by atoms with Crippen LogP contribution < -0.4 is 35.5 Å². The Morgan fingerprint density at radius 1 is 0.540 bits per heavy atom. The Morgan fingerprint density at radius 3 is 1.02 bits per heavy atom. The van der Waals surface area contributed by atoms with Crippen molar-refractivity contribution in [2.75, 3.05) is 28.4 Å². The fourth-order valence-corrected chi connectivity index (χ4v) is 6.34. The minimum atomic E-state index is -1.03. The fraction of sp³-hybridized carbons (Fsp3) is 0.423. The van der Waals surface area contributed by atoms with Crippen LogP contribution in [0.15, 0.2) is 107 Å². The standard InChI is InChI=1S/C11H14ClNO2.C11H14N4O2.C11H15NO3.C10H14N2O3.C9H12N2O3.H4N4.HN3.N2.2H3N/c1-8(11(14)15-2)5-9-3-4-10(6-12)13-7-9;1-8(11(16)17-2)5-9-3-4-10(13-6-9)7-14-15-12;1-8(11(14)15-2)5-9-3-4-10(7-13)12-6-9;1-15-10(14)9(11)4-7-2-3-8(6-13)12-5-7;10-8(9(13)14)3-6-1-2-7(5-12)11-4-6;1-3-4-2;1-3-2;1-2;;/h3-4,7-8H,5-6H2,1-2H3;3-4,6,8H,5,7H2,1-2H3;3-4,6,8,13H,5,7H2,1-2H3;2-3,5,9,13H,4,6,11H2,1H3;1-2,4,8,12H,3,5,10H2,(H,13,14);(H2,1,4)(H2,2,3);1H;;2*1H3/t3*8-;9-;8-;;;;;/m00000...../s1. The van der Waals surface area contributed by atoms with E-state index in [1.165, 1.54) is 34.6 Å². The lowest BCUT2D eigenvalue weighted by Gasteiger charge is -2.08. The van der Waals surface area contributed by atoms with Crippen LogP contribution in [0.1, 0.15) is 77.1 Å². The molecule has 0 aromatic carbocycles. The van der Waals surface area contributed by atoms with Crippen LogP contribution in [0.2, 0.25) is 0 Å². The summed E-state index contributed by atoms with van der Waals surface area (Å²) in [5, 5.41) is 55.5. The third-order valence-electron chi connectivity index (χ3n) is 10.6. The number of halogens is 1. The number of pyridine rings is 5. The Hall–Kier alpha value is -9.65. The molecule has 5 heterocycles. The number of carboxylic acids is 1. The zero-order valence-corrected chi connectivity index (χ0v) is 50.2. The van der Waals surface area contributed by atoms with Crippen molar-refractivity contribution < 1.29 is 63.3 Å². The zero-order valence-electron chi connectivity index (χ0n) is 49.4. The van der Waals surface area contributed by atoms with E-state index in [1.807, 2.05) is 38.1 Å². The number of carboxylic acid groups (broad SMARTS) is 1. The molecule has 0 fully saturated rings. The Kier molecular flexibility index (Phi) is 53.8. The lowest BCUT2D eigenvalue weighted by atomic mass is 10.0. The summed E-state index contributed by atoms with van der Waals surface area (Å²) in [5.74, 6) is 6.51. The van der Waals surface area contributed by atoms with Crippen LogP contribution in [-0.2, 0) is 107 Å². The van der Waals surface area contributed by atoms with Gasteiger partial charge in [0.25, 0.3) is 0 Å². The number of rotatable bonds is 21. The number of aliphatic hydroxyl groups is 3. The number of carbonyl (C=O) groups is 5. The van der Waals surface area contributed by atoms with Crippen molar-refractivity contribution >= 4 is 41.4 Å². The lowest BCUT2D eigenvalue weighted by Crippen LogP contribution is -2.33. The number of hydrogen-bond acceptors (Lipinski definition) is 27. The lowest BCUT2D eigenvalue weighted by molar-refractivity contribution is -0.145. The first-order chi connectivity index (χ1) is 40.6. The van der Waals surface area contributed by atoms with Crippen molar-refractivity contribution in [3.63, 3.8) is 0 Å². The van der Waals surface area contributed by atoms with Crippen LogP contribution in [0.5, 0.6) is 0 Å². The molecule has 0 unspecified atom stereocenters. The number of nitrogens with zero attached hydrogens (tertiary/aromatic N) is 14. The highest BCUT2D eigenvalue weighted by Gasteiger charge is 2.17. The molecule has 0 radical (unpaired) electrons. The first-order valence-electron chi connectivity index (χ1n) is 24.8. The van der Waals surface area contributed by atoms with E-state index in [0.29, 0.717) is 54.3 Å². The van der Waals surface area contributed by atoms with Crippen molar-refractivity contribution in [2.24, 2.45) is 56.5 Å². The maximum Gasteiger partial charge on any atom is 0.322 e. The number of esters is 4. The second kappa shape index (κ2) is 54.3. The van der Waals surface area contributed by atoms with Crippen LogP contribution in [-0.4, -0.2) is 116 Å². The van der Waals surface area contributed by atoms with Gasteiger partial charge < -0.3 is 74.8 Å². The van der Waals surface area contributed by atoms with Gasteiger partial charge in [0.2, 0.25) is 0 Å². The molecule has 0 amide bonds. The van der Waals surface area contributed by atoms with Crippen molar-refractivity contribution in [3.8, 4) is 0 Å². The smallest absolute Gasteiger partial charge is 0.322 e. The van der Waals surface area contributed by atoms with Gasteiger partial charge in [-0.3, -0.25) is 48.9 Å². The summed E-state index contributed by atoms with van der Waals surface area (Å²) in [7, 11) is 5.45. The van der Waals surface area contributed by atoms with Crippen molar-refractivity contribution in [1.82, 2.24) is 37.2 Å². The van der Waals surface area contributed by atoms with Gasteiger partial charge in [-0.1, -0.05) is 66.7 Å². The zero-order chi connectivity index (χ0) is 65.1. The van der Waals surface area contributed by atoms with Gasteiger partial charge in [0.1, 0.15) is 12.1 Å². The van der Waals surface area contributed by atoms with Gasteiger partial charge in [-0.05, 0) is 106 Å². The molecule has 478 valence electrons. The summed E-state index contributed by atoms with van der Waals surface area (Å²) in [4.78, 5) is 79.7.